The minimum Gasteiger partial charge on any atom is -0.478 e. The predicted molar refractivity (Wildman–Crippen MR) is 76.6 cm³/mol. The van der Waals surface area contributed by atoms with Crippen molar-refractivity contribution in [2.45, 2.75) is 36.7 Å². The van der Waals surface area contributed by atoms with Crippen LogP contribution < -0.4 is 4.72 Å². The molecular formula is C14H19NO5S. The second-order valence-electron chi connectivity index (χ2n) is 5.36. The summed E-state index contributed by atoms with van der Waals surface area (Å²) in [6, 6.07) is 5.12. The Kier molecular flexibility index (Phi) is 4.97. The van der Waals surface area contributed by atoms with Crippen LogP contribution in [-0.4, -0.2) is 37.2 Å². The Hall–Kier alpha value is -1.44. The number of carboxylic acid groups (broad SMARTS) is 1. The lowest BCUT2D eigenvalue weighted by Crippen LogP contribution is -2.32. The summed E-state index contributed by atoms with van der Waals surface area (Å²) in [6.45, 7) is 0.343. The minimum atomic E-state index is -3.62. The number of hydrogen-bond acceptors (Lipinski definition) is 4. The molecule has 116 valence electrons. The van der Waals surface area contributed by atoms with Crippen molar-refractivity contribution in [1.29, 1.82) is 0 Å². The zero-order valence-corrected chi connectivity index (χ0v) is 12.3. The molecular weight excluding hydrogens is 294 g/mol. The summed E-state index contributed by atoms with van der Waals surface area (Å²) in [5.74, 6) is -0.853. The van der Waals surface area contributed by atoms with Gasteiger partial charge in [-0.3, -0.25) is 0 Å². The Morgan fingerprint density at radius 2 is 1.71 bits per heavy atom. The number of benzene rings is 1. The van der Waals surface area contributed by atoms with Crippen molar-refractivity contribution in [2.24, 2.45) is 5.92 Å². The van der Waals surface area contributed by atoms with Crippen molar-refractivity contribution in [2.75, 3.05) is 6.54 Å². The van der Waals surface area contributed by atoms with Crippen molar-refractivity contribution in [1.82, 2.24) is 4.72 Å². The molecule has 1 aromatic rings. The molecule has 0 heterocycles. The Morgan fingerprint density at radius 1 is 1.14 bits per heavy atom. The number of aromatic carboxylic acids is 1. The van der Waals surface area contributed by atoms with Gasteiger partial charge in [0, 0.05) is 6.54 Å². The first-order valence-corrected chi connectivity index (χ1v) is 8.38. The smallest absolute Gasteiger partial charge is 0.335 e. The molecule has 2 rings (SSSR count). The van der Waals surface area contributed by atoms with Gasteiger partial charge in [0.05, 0.1) is 16.6 Å². The highest BCUT2D eigenvalue weighted by molar-refractivity contribution is 7.89. The molecule has 0 saturated heterocycles. The maximum atomic E-state index is 12.1. The van der Waals surface area contributed by atoms with Crippen LogP contribution in [0.3, 0.4) is 0 Å². The SMILES string of the molecule is O=C(O)c1ccc(S(=O)(=O)NCC2CCC(O)CC2)cc1. The number of hydrogen-bond donors (Lipinski definition) is 3. The number of rotatable bonds is 5. The van der Waals surface area contributed by atoms with Crippen LogP contribution in [0.15, 0.2) is 29.2 Å². The predicted octanol–water partition coefficient (Wildman–Crippen LogP) is 1.21. The zero-order chi connectivity index (χ0) is 15.5. The van der Waals surface area contributed by atoms with E-state index in [1.165, 1.54) is 24.3 Å². The van der Waals surface area contributed by atoms with E-state index in [0.29, 0.717) is 19.4 Å². The topological polar surface area (TPSA) is 104 Å². The van der Waals surface area contributed by atoms with E-state index in [-0.39, 0.29) is 22.5 Å². The summed E-state index contributed by atoms with van der Waals surface area (Å²) in [4.78, 5) is 10.8. The molecule has 1 fully saturated rings. The van der Waals surface area contributed by atoms with Crippen LogP contribution in [-0.2, 0) is 10.0 Å². The van der Waals surface area contributed by atoms with Gasteiger partial charge in [0.1, 0.15) is 0 Å². The first-order chi connectivity index (χ1) is 9.88. The second-order valence-corrected chi connectivity index (χ2v) is 7.12. The van der Waals surface area contributed by atoms with Gasteiger partial charge in [-0.05, 0) is 55.9 Å². The molecule has 0 aliphatic heterocycles. The molecule has 21 heavy (non-hydrogen) atoms. The molecule has 1 aliphatic rings. The first kappa shape index (κ1) is 15.9. The number of aliphatic hydroxyl groups excluding tert-OH is 1. The van der Waals surface area contributed by atoms with Crippen molar-refractivity contribution in [3.63, 3.8) is 0 Å². The minimum absolute atomic E-state index is 0.0511. The molecule has 0 bridgehead atoms. The van der Waals surface area contributed by atoms with Crippen molar-refractivity contribution in [3.05, 3.63) is 29.8 Å². The van der Waals surface area contributed by atoms with Crippen LogP contribution in [0.5, 0.6) is 0 Å². The largest absolute Gasteiger partial charge is 0.478 e. The van der Waals surface area contributed by atoms with E-state index >= 15 is 0 Å². The number of carbonyl (C=O) groups is 1. The van der Waals surface area contributed by atoms with Gasteiger partial charge in [-0.15, -0.1) is 0 Å². The lowest BCUT2D eigenvalue weighted by molar-refractivity contribution is 0.0696. The number of nitrogens with one attached hydrogen (secondary N) is 1. The third-order valence-electron chi connectivity index (χ3n) is 3.79. The van der Waals surface area contributed by atoms with E-state index in [1.807, 2.05) is 0 Å². The summed E-state index contributed by atoms with van der Waals surface area (Å²) < 4.78 is 26.8. The van der Waals surface area contributed by atoms with Crippen LogP contribution in [0, 0.1) is 5.92 Å². The van der Waals surface area contributed by atoms with E-state index in [0.717, 1.165) is 12.8 Å². The Labute approximate surface area is 123 Å². The van der Waals surface area contributed by atoms with Gasteiger partial charge in [0.25, 0.3) is 0 Å². The standard InChI is InChI=1S/C14H19NO5S/c16-12-5-1-10(2-6-12)9-15-21(19,20)13-7-3-11(4-8-13)14(17)18/h3-4,7-8,10,12,15-16H,1-2,5-6,9H2,(H,17,18). The number of carboxylic acids is 1. The Balaban J connectivity index is 1.96. The van der Waals surface area contributed by atoms with E-state index in [2.05, 4.69) is 4.72 Å². The van der Waals surface area contributed by atoms with Crippen molar-refractivity contribution < 1.29 is 23.4 Å². The lowest BCUT2D eigenvalue weighted by Gasteiger charge is -2.25. The van der Waals surface area contributed by atoms with Crippen LogP contribution >= 0.6 is 0 Å². The molecule has 1 saturated carbocycles. The van der Waals surface area contributed by atoms with Crippen LogP contribution in [0.4, 0.5) is 0 Å². The number of aliphatic hydroxyl groups is 1. The highest BCUT2D eigenvalue weighted by Gasteiger charge is 2.22. The fourth-order valence-corrected chi connectivity index (χ4v) is 3.55. The van der Waals surface area contributed by atoms with Gasteiger partial charge < -0.3 is 10.2 Å². The maximum Gasteiger partial charge on any atom is 0.335 e. The average molecular weight is 313 g/mol. The van der Waals surface area contributed by atoms with E-state index in [4.69, 9.17) is 5.11 Å². The molecule has 1 aromatic carbocycles. The maximum absolute atomic E-state index is 12.1. The molecule has 0 amide bonds. The van der Waals surface area contributed by atoms with E-state index in [9.17, 15) is 18.3 Å². The molecule has 0 radical (unpaired) electrons. The van der Waals surface area contributed by atoms with E-state index < -0.39 is 16.0 Å². The molecule has 0 unspecified atom stereocenters. The van der Waals surface area contributed by atoms with Crippen LogP contribution in [0.1, 0.15) is 36.0 Å². The molecule has 7 heteroatoms. The molecule has 6 nitrogen and oxygen atoms in total. The summed E-state index contributed by atoms with van der Waals surface area (Å²) >= 11 is 0. The summed E-state index contributed by atoms with van der Waals surface area (Å²) in [7, 11) is -3.62. The summed E-state index contributed by atoms with van der Waals surface area (Å²) in [5, 5.41) is 18.2. The number of sulfonamides is 1. The molecule has 0 spiro atoms. The second kappa shape index (κ2) is 6.55. The van der Waals surface area contributed by atoms with Crippen LogP contribution in [0.2, 0.25) is 0 Å². The van der Waals surface area contributed by atoms with Gasteiger partial charge >= 0.3 is 5.97 Å². The van der Waals surface area contributed by atoms with Gasteiger partial charge in [0.15, 0.2) is 0 Å². The third-order valence-corrected chi connectivity index (χ3v) is 5.23. The average Bonchev–Trinajstić information content (AvgIpc) is 2.47. The normalized spacial score (nSPS) is 22.9. The molecule has 3 N–H and O–H groups in total. The van der Waals surface area contributed by atoms with Gasteiger partial charge in [-0.1, -0.05) is 0 Å². The van der Waals surface area contributed by atoms with Crippen molar-refractivity contribution in [3.8, 4) is 0 Å². The zero-order valence-electron chi connectivity index (χ0n) is 11.5. The van der Waals surface area contributed by atoms with Gasteiger partial charge in [0.2, 0.25) is 10.0 Å². The monoisotopic (exact) mass is 313 g/mol. The fourth-order valence-electron chi connectivity index (χ4n) is 2.44. The van der Waals surface area contributed by atoms with E-state index in [1.54, 1.807) is 0 Å². The third kappa shape index (κ3) is 4.26. The lowest BCUT2D eigenvalue weighted by atomic mass is 9.88. The van der Waals surface area contributed by atoms with Crippen LogP contribution in [0.25, 0.3) is 0 Å². The molecule has 0 atom stereocenters. The highest BCUT2D eigenvalue weighted by Crippen LogP contribution is 2.24. The highest BCUT2D eigenvalue weighted by atomic mass is 32.2. The summed E-state index contributed by atoms with van der Waals surface area (Å²) in [6.07, 6.45) is 2.77. The quantitative estimate of drug-likeness (QED) is 0.758. The first-order valence-electron chi connectivity index (χ1n) is 6.89. The van der Waals surface area contributed by atoms with Crippen molar-refractivity contribution >= 4 is 16.0 Å². The Bertz CT molecular complexity index is 588. The molecule has 0 aromatic heterocycles. The summed E-state index contributed by atoms with van der Waals surface area (Å²) in [5.41, 5.74) is 0.0511. The van der Waals surface area contributed by atoms with Gasteiger partial charge in [-0.25, -0.2) is 17.9 Å². The fraction of sp³-hybridized carbons (Fsp3) is 0.500. The van der Waals surface area contributed by atoms with Gasteiger partial charge in [-0.2, -0.15) is 0 Å². The Morgan fingerprint density at radius 3 is 2.24 bits per heavy atom. The molecule has 1 aliphatic carbocycles.